The van der Waals surface area contributed by atoms with Crippen molar-refractivity contribution in [2.75, 3.05) is 6.61 Å². The summed E-state index contributed by atoms with van der Waals surface area (Å²) in [5.41, 5.74) is 3.84. The lowest BCUT2D eigenvalue weighted by Crippen LogP contribution is -2.32. The Bertz CT molecular complexity index is 1400. The first-order valence-corrected chi connectivity index (χ1v) is 11.8. The van der Waals surface area contributed by atoms with Gasteiger partial charge in [-0.3, -0.25) is 4.57 Å². The third-order valence-electron chi connectivity index (χ3n) is 6.02. The summed E-state index contributed by atoms with van der Waals surface area (Å²) in [6.45, 7) is 3.78. The molecule has 0 aliphatic carbocycles. The highest BCUT2D eigenvalue weighted by Crippen LogP contribution is 2.34. The first kappa shape index (κ1) is 23.9. The third kappa shape index (κ3) is 4.93. The summed E-state index contributed by atoms with van der Waals surface area (Å²) in [6, 6.07) is 14.2. The van der Waals surface area contributed by atoms with Crippen molar-refractivity contribution in [1.29, 1.82) is 0 Å². The molecule has 3 heterocycles. The quantitative estimate of drug-likeness (QED) is 0.278. The largest absolute Gasteiger partial charge is 0.459 e. The van der Waals surface area contributed by atoms with E-state index < -0.39 is 30.4 Å². The maximum atomic E-state index is 12.9. The van der Waals surface area contributed by atoms with Crippen LogP contribution >= 0.6 is 11.6 Å². The first-order chi connectivity index (χ1) is 17.4. The van der Waals surface area contributed by atoms with E-state index in [0.717, 1.165) is 11.1 Å². The molecule has 9 nitrogen and oxygen atoms in total. The molecule has 2 aromatic heterocycles. The first-order valence-electron chi connectivity index (χ1n) is 11.4. The van der Waals surface area contributed by atoms with Crippen molar-refractivity contribution in [3.63, 3.8) is 0 Å². The number of halogens is 1. The predicted molar refractivity (Wildman–Crippen MR) is 131 cm³/mol. The topological polar surface area (TPSA) is 105 Å². The number of carbonyl (C=O) groups is 2. The third-order valence-corrected chi connectivity index (χ3v) is 6.29. The second-order valence-electron chi connectivity index (χ2n) is 8.63. The summed E-state index contributed by atoms with van der Waals surface area (Å²) >= 11 is 6.14. The lowest BCUT2D eigenvalue weighted by Gasteiger charge is -2.19. The molecule has 0 N–H and O–H groups in total. The molecule has 10 heteroatoms. The van der Waals surface area contributed by atoms with Gasteiger partial charge >= 0.3 is 11.9 Å². The van der Waals surface area contributed by atoms with Crippen LogP contribution < -0.4 is 0 Å². The zero-order chi connectivity index (χ0) is 25.2. The summed E-state index contributed by atoms with van der Waals surface area (Å²) in [6.07, 6.45) is 1.25. The van der Waals surface area contributed by atoms with Crippen LogP contribution in [0.2, 0.25) is 5.15 Å². The van der Waals surface area contributed by atoms with Crippen molar-refractivity contribution in [3.05, 3.63) is 88.6 Å². The Morgan fingerprint density at radius 3 is 2.28 bits per heavy atom. The van der Waals surface area contributed by atoms with Gasteiger partial charge in [0.05, 0.1) is 17.5 Å². The maximum absolute atomic E-state index is 12.9. The van der Waals surface area contributed by atoms with Crippen LogP contribution in [0.25, 0.3) is 11.2 Å². The van der Waals surface area contributed by atoms with Gasteiger partial charge in [0.15, 0.2) is 10.8 Å². The van der Waals surface area contributed by atoms with Crippen LogP contribution in [0.4, 0.5) is 0 Å². The van der Waals surface area contributed by atoms with Crippen molar-refractivity contribution in [1.82, 2.24) is 19.5 Å². The van der Waals surface area contributed by atoms with E-state index in [1.165, 1.54) is 6.33 Å². The molecule has 1 unspecified atom stereocenters. The molecule has 0 bridgehead atoms. The molecular formula is C26H23ClN4O5. The number of rotatable bonds is 6. The Morgan fingerprint density at radius 2 is 1.61 bits per heavy atom. The molecular weight excluding hydrogens is 484 g/mol. The molecule has 0 radical (unpaired) electrons. The molecule has 1 saturated heterocycles. The molecule has 2 aromatic carbocycles. The number of aryl methyl sites for hydroxylation is 2. The van der Waals surface area contributed by atoms with E-state index in [4.69, 9.17) is 25.8 Å². The van der Waals surface area contributed by atoms with Crippen LogP contribution in [0.3, 0.4) is 0 Å². The van der Waals surface area contributed by atoms with E-state index in [9.17, 15) is 9.59 Å². The molecule has 0 amide bonds. The fraction of sp³-hybridized carbons (Fsp3) is 0.269. The number of carbonyl (C=O) groups excluding carboxylic acids is 2. The number of nitrogens with zero attached hydrogens (tertiary/aromatic N) is 4. The molecule has 3 atom stereocenters. The standard InChI is InChI=1S/C26H23ClN4O5/c1-15-3-7-17(8-4-15)25(32)34-12-20-19(36-26(33)18-9-5-16(2)6-10-18)11-21(35-20)31-14-30-22-23(27)28-13-29-24(22)31/h3-10,13-14,19-21H,11-12H2,1-2H3/t19?,20-,21-/m1/s1. The van der Waals surface area contributed by atoms with Crippen LogP contribution in [-0.4, -0.2) is 50.3 Å². The van der Waals surface area contributed by atoms with Gasteiger partial charge in [-0.15, -0.1) is 0 Å². The van der Waals surface area contributed by atoms with E-state index in [1.807, 2.05) is 38.1 Å². The minimum Gasteiger partial charge on any atom is -0.459 e. The van der Waals surface area contributed by atoms with Crippen molar-refractivity contribution in [3.8, 4) is 0 Å². The highest BCUT2D eigenvalue weighted by Gasteiger charge is 2.40. The normalized spacial score (nSPS) is 19.4. The zero-order valence-electron chi connectivity index (χ0n) is 19.6. The Labute approximate surface area is 212 Å². The SMILES string of the molecule is Cc1ccc(C(=O)OC[C@H]2O[C@@H](n3cnc4c(Cl)ncnc43)CC2OC(=O)c2ccc(C)cc2)cc1. The second kappa shape index (κ2) is 10.0. The van der Waals surface area contributed by atoms with Crippen LogP contribution in [0, 0.1) is 13.8 Å². The molecule has 0 saturated carbocycles. The molecule has 1 fully saturated rings. The van der Waals surface area contributed by atoms with Gasteiger partial charge in [0.2, 0.25) is 0 Å². The lowest BCUT2D eigenvalue weighted by molar-refractivity contribution is -0.0563. The monoisotopic (exact) mass is 506 g/mol. The van der Waals surface area contributed by atoms with Crippen molar-refractivity contribution in [2.45, 2.75) is 38.7 Å². The van der Waals surface area contributed by atoms with E-state index >= 15 is 0 Å². The zero-order valence-corrected chi connectivity index (χ0v) is 20.4. The van der Waals surface area contributed by atoms with Gasteiger partial charge in [0.1, 0.15) is 36.9 Å². The number of esters is 2. The molecule has 36 heavy (non-hydrogen) atoms. The van der Waals surface area contributed by atoms with Gasteiger partial charge in [-0.05, 0) is 38.1 Å². The average Bonchev–Trinajstić information content (AvgIpc) is 3.48. The van der Waals surface area contributed by atoms with Crippen LogP contribution in [0.15, 0.2) is 61.2 Å². The van der Waals surface area contributed by atoms with E-state index in [2.05, 4.69) is 15.0 Å². The van der Waals surface area contributed by atoms with Gasteiger partial charge in [-0.1, -0.05) is 47.0 Å². The van der Waals surface area contributed by atoms with Gasteiger partial charge in [-0.2, -0.15) is 0 Å². The van der Waals surface area contributed by atoms with Crippen molar-refractivity contribution < 1.29 is 23.8 Å². The van der Waals surface area contributed by atoms with Crippen LogP contribution in [0.5, 0.6) is 0 Å². The Hall–Kier alpha value is -3.82. The van der Waals surface area contributed by atoms with Crippen LogP contribution in [0.1, 0.15) is 44.5 Å². The summed E-state index contributed by atoms with van der Waals surface area (Å²) in [4.78, 5) is 37.9. The number of aromatic nitrogens is 4. The summed E-state index contributed by atoms with van der Waals surface area (Å²) in [7, 11) is 0. The maximum Gasteiger partial charge on any atom is 0.338 e. The number of hydrogen-bond acceptors (Lipinski definition) is 8. The number of hydrogen-bond donors (Lipinski definition) is 0. The van der Waals surface area contributed by atoms with E-state index in [0.29, 0.717) is 28.7 Å². The van der Waals surface area contributed by atoms with Gasteiger partial charge < -0.3 is 14.2 Å². The Morgan fingerprint density at radius 1 is 0.972 bits per heavy atom. The molecule has 0 spiro atoms. The predicted octanol–water partition coefficient (Wildman–Crippen LogP) is 4.47. The molecule has 184 valence electrons. The fourth-order valence-electron chi connectivity index (χ4n) is 4.01. The van der Waals surface area contributed by atoms with Gasteiger partial charge in [0, 0.05) is 6.42 Å². The van der Waals surface area contributed by atoms with E-state index in [1.54, 1.807) is 35.2 Å². The minimum atomic E-state index is -0.700. The van der Waals surface area contributed by atoms with Gasteiger partial charge in [-0.25, -0.2) is 24.5 Å². The highest BCUT2D eigenvalue weighted by molar-refractivity contribution is 6.33. The van der Waals surface area contributed by atoms with Gasteiger partial charge in [0.25, 0.3) is 0 Å². The van der Waals surface area contributed by atoms with E-state index in [-0.39, 0.29) is 11.8 Å². The lowest BCUT2D eigenvalue weighted by atomic mass is 10.1. The Balaban J connectivity index is 1.36. The highest BCUT2D eigenvalue weighted by atomic mass is 35.5. The smallest absolute Gasteiger partial charge is 0.338 e. The molecule has 5 rings (SSSR count). The number of fused-ring (bicyclic) bond motifs is 1. The fourth-order valence-corrected chi connectivity index (χ4v) is 4.18. The minimum absolute atomic E-state index is 0.0998. The molecule has 1 aliphatic heterocycles. The second-order valence-corrected chi connectivity index (χ2v) is 8.99. The summed E-state index contributed by atoms with van der Waals surface area (Å²) in [5.74, 6) is -0.974. The van der Waals surface area contributed by atoms with Crippen molar-refractivity contribution in [2.24, 2.45) is 0 Å². The molecule has 1 aliphatic rings. The average molecular weight is 507 g/mol. The summed E-state index contributed by atoms with van der Waals surface area (Å²) < 4.78 is 19.2. The van der Waals surface area contributed by atoms with Crippen molar-refractivity contribution >= 4 is 34.7 Å². The number of benzene rings is 2. The summed E-state index contributed by atoms with van der Waals surface area (Å²) in [5, 5.41) is 0.225. The number of imidazole rings is 1. The van der Waals surface area contributed by atoms with Crippen LogP contribution in [-0.2, 0) is 14.2 Å². The molecule has 4 aromatic rings. The number of ether oxygens (including phenoxy) is 3. The Kier molecular flexibility index (Phi) is 6.67.